The molecule has 1 atom stereocenters. The molecule has 1 fully saturated rings. The topological polar surface area (TPSA) is 15.3 Å². The van der Waals surface area contributed by atoms with Crippen LogP contribution in [0.25, 0.3) is 0 Å². The molecule has 1 aromatic rings. The molecule has 0 spiro atoms. The molecule has 3 heteroatoms. The SMILES string of the molecule is CC(C)N1CCC(Nc2ccc(Cl)cc2)C1. The van der Waals surface area contributed by atoms with E-state index in [0.717, 1.165) is 11.6 Å². The van der Waals surface area contributed by atoms with Gasteiger partial charge in [0.2, 0.25) is 0 Å². The highest BCUT2D eigenvalue weighted by Crippen LogP contribution is 2.19. The molecule has 1 N–H and O–H groups in total. The monoisotopic (exact) mass is 238 g/mol. The quantitative estimate of drug-likeness (QED) is 0.870. The Balaban J connectivity index is 1.89. The fourth-order valence-electron chi connectivity index (χ4n) is 2.16. The van der Waals surface area contributed by atoms with Crippen LogP contribution < -0.4 is 5.32 Å². The first-order valence-corrected chi connectivity index (χ1v) is 6.29. The molecule has 0 aromatic heterocycles. The number of hydrogen-bond donors (Lipinski definition) is 1. The van der Waals surface area contributed by atoms with Crippen molar-refractivity contribution in [2.24, 2.45) is 0 Å². The summed E-state index contributed by atoms with van der Waals surface area (Å²) >= 11 is 5.86. The van der Waals surface area contributed by atoms with E-state index in [1.807, 2.05) is 24.3 Å². The van der Waals surface area contributed by atoms with E-state index in [4.69, 9.17) is 11.6 Å². The van der Waals surface area contributed by atoms with Gasteiger partial charge in [0.05, 0.1) is 0 Å². The van der Waals surface area contributed by atoms with E-state index < -0.39 is 0 Å². The van der Waals surface area contributed by atoms with Crippen molar-refractivity contribution in [3.05, 3.63) is 29.3 Å². The third-order valence-electron chi connectivity index (χ3n) is 3.16. The summed E-state index contributed by atoms with van der Waals surface area (Å²) in [5, 5.41) is 4.34. The van der Waals surface area contributed by atoms with Gasteiger partial charge in [-0.1, -0.05) is 11.6 Å². The van der Waals surface area contributed by atoms with Crippen LogP contribution in [-0.2, 0) is 0 Å². The Kier molecular flexibility index (Phi) is 3.72. The van der Waals surface area contributed by atoms with Gasteiger partial charge in [0.15, 0.2) is 0 Å². The molecular formula is C13H19ClN2. The Morgan fingerprint density at radius 3 is 2.56 bits per heavy atom. The lowest BCUT2D eigenvalue weighted by molar-refractivity contribution is 0.274. The number of nitrogens with one attached hydrogen (secondary N) is 1. The first-order chi connectivity index (χ1) is 7.65. The molecule has 0 radical (unpaired) electrons. The van der Waals surface area contributed by atoms with Crippen molar-refractivity contribution in [3.8, 4) is 0 Å². The molecule has 1 aromatic carbocycles. The minimum atomic E-state index is 0.573. The van der Waals surface area contributed by atoms with Crippen LogP contribution in [0.5, 0.6) is 0 Å². The standard InChI is InChI=1S/C13H19ClN2/c1-10(2)16-8-7-13(9-16)15-12-5-3-11(14)4-6-12/h3-6,10,13,15H,7-9H2,1-2H3. The molecule has 0 saturated carbocycles. The van der Waals surface area contributed by atoms with Gasteiger partial charge < -0.3 is 5.32 Å². The average molecular weight is 239 g/mol. The van der Waals surface area contributed by atoms with E-state index in [1.54, 1.807) is 0 Å². The van der Waals surface area contributed by atoms with Gasteiger partial charge in [0.25, 0.3) is 0 Å². The summed E-state index contributed by atoms with van der Waals surface area (Å²) in [5.74, 6) is 0. The molecule has 1 aliphatic heterocycles. The van der Waals surface area contributed by atoms with E-state index >= 15 is 0 Å². The van der Waals surface area contributed by atoms with Crippen LogP contribution in [0.2, 0.25) is 5.02 Å². The third-order valence-corrected chi connectivity index (χ3v) is 3.42. The van der Waals surface area contributed by atoms with Crippen LogP contribution in [0.1, 0.15) is 20.3 Å². The Bertz CT molecular complexity index is 334. The number of rotatable bonds is 3. The van der Waals surface area contributed by atoms with Crippen LogP contribution >= 0.6 is 11.6 Å². The smallest absolute Gasteiger partial charge is 0.0407 e. The molecule has 0 bridgehead atoms. The van der Waals surface area contributed by atoms with E-state index in [0.29, 0.717) is 12.1 Å². The predicted octanol–water partition coefficient (Wildman–Crippen LogP) is 3.23. The van der Waals surface area contributed by atoms with Crippen molar-refractivity contribution < 1.29 is 0 Å². The third kappa shape index (κ3) is 2.89. The Morgan fingerprint density at radius 1 is 1.31 bits per heavy atom. The first-order valence-electron chi connectivity index (χ1n) is 5.91. The molecule has 0 aliphatic carbocycles. The van der Waals surface area contributed by atoms with E-state index in [-0.39, 0.29) is 0 Å². The number of anilines is 1. The molecule has 16 heavy (non-hydrogen) atoms. The van der Waals surface area contributed by atoms with Crippen molar-refractivity contribution >= 4 is 17.3 Å². The van der Waals surface area contributed by atoms with Crippen LogP contribution in [-0.4, -0.2) is 30.1 Å². The van der Waals surface area contributed by atoms with Gasteiger partial charge in [-0.15, -0.1) is 0 Å². The lowest BCUT2D eigenvalue weighted by atomic mass is 10.2. The van der Waals surface area contributed by atoms with Crippen LogP contribution in [0.3, 0.4) is 0 Å². The maximum absolute atomic E-state index is 5.86. The Labute approximate surface area is 103 Å². The van der Waals surface area contributed by atoms with Gasteiger partial charge in [0, 0.05) is 35.9 Å². The fourth-order valence-corrected chi connectivity index (χ4v) is 2.28. The number of halogens is 1. The van der Waals surface area contributed by atoms with E-state index in [1.165, 1.54) is 18.7 Å². The van der Waals surface area contributed by atoms with Gasteiger partial charge in [-0.2, -0.15) is 0 Å². The summed E-state index contributed by atoms with van der Waals surface area (Å²) < 4.78 is 0. The molecule has 1 saturated heterocycles. The van der Waals surface area contributed by atoms with Crippen molar-refractivity contribution in [1.29, 1.82) is 0 Å². The predicted molar refractivity (Wildman–Crippen MR) is 70.2 cm³/mol. The van der Waals surface area contributed by atoms with Gasteiger partial charge >= 0.3 is 0 Å². The fraction of sp³-hybridized carbons (Fsp3) is 0.538. The zero-order valence-corrected chi connectivity index (χ0v) is 10.7. The largest absolute Gasteiger partial charge is 0.381 e. The van der Waals surface area contributed by atoms with Crippen molar-refractivity contribution in [2.75, 3.05) is 18.4 Å². The highest BCUT2D eigenvalue weighted by atomic mass is 35.5. The summed E-state index contributed by atoms with van der Waals surface area (Å²) in [6.45, 7) is 6.85. The number of nitrogens with zero attached hydrogens (tertiary/aromatic N) is 1. The maximum atomic E-state index is 5.86. The number of hydrogen-bond acceptors (Lipinski definition) is 2. The van der Waals surface area contributed by atoms with Crippen molar-refractivity contribution in [2.45, 2.75) is 32.4 Å². The molecule has 2 nitrogen and oxygen atoms in total. The summed E-state index contributed by atoms with van der Waals surface area (Å²) in [4.78, 5) is 2.51. The van der Waals surface area contributed by atoms with Crippen LogP contribution in [0.15, 0.2) is 24.3 Å². The minimum absolute atomic E-state index is 0.573. The zero-order chi connectivity index (χ0) is 11.5. The van der Waals surface area contributed by atoms with E-state index in [2.05, 4.69) is 24.1 Å². The van der Waals surface area contributed by atoms with Crippen LogP contribution in [0, 0.1) is 0 Å². The second-order valence-electron chi connectivity index (χ2n) is 4.73. The molecular weight excluding hydrogens is 220 g/mol. The molecule has 2 rings (SSSR count). The van der Waals surface area contributed by atoms with Gasteiger partial charge in [-0.05, 0) is 44.5 Å². The normalized spacial score (nSPS) is 21.6. The molecule has 0 amide bonds. The number of likely N-dealkylation sites (tertiary alicyclic amines) is 1. The Morgan fingerprint density at radius 2 is 2.00 bits per heavy atom. The number of benzene rings is 1. The molecule has 88 valence electrons. The molecule has 1 heterocycles. The van der Waals surface area contributed by atoms with Crippen molar-refractivity contribution in [3.63, 3.8) is 0 Å². The minimum Gasteiger partial charge on any atom is -0.381 e. The van der Waals surface area contributed by atoms with Gasteiger partial charge in [0.1, 0.15) is 0 Å². The highest BCUT2D eigenvalue weighted by Gasteiger charge is 2.23. The second kappa shape index (κ2) is 5.07. The average Bonchev–Trinajstić information content (AvgIpc) is 2.70. The lowest BCUT2D eigenvalue weighted by Crippen LogP contribution is -2.31. The highest BCUT2D eigenvalue weighted by molar-refractivity contribution is 6.30. The van der Waals surface area contributed by atoms with E-state index in [9.17, 15) is 0 Å². The van der Waals surface area contributed by atoms with Gasteiger partial charge in [-0.25, -0.2) is 0 Å². The molecule has 1 unspecified atom stereocenters. The first kappa shape index (κ1) is 11.7. The maximum Gasteiger partial charge on any atom is 0.0407 e. The van der Waals surface area contributed by atoms with Crippen molar-refractivity contribution in [1.82, 2.24) is 4.90 Å². The van der Waals surface area contributed by atoms with Gasteiger partial charge in [-0.3, -0.25) is 4.90 Å². The lowest BCUT2D eigenvalue weighted by Gasteiger charge is -2.20. The molecule has 1 aliphatic rings. The zero-order valence-electron chi connectivity index (χ0n) is 9.91. The van der Waals surface area contributed by atoms with Crippen LogP contribution in [0.4, 0.5) is 5.69 Å². The summed E-state index contributed by atoms with van der Waals surface area (Å²) in [7, 11) is 0. The summed E-state index contributed by atoms with van der Waals surface area (Å²) in [5.41, 5.74) is 1.17. The second-order valence-corrected chi connectivity index (χ2v) is 5.16. The summed E-state index contributed by atoms with van der Waals surface area (Å²) in [6, 6.07) is 9.17. The Hall–Kier alpha value is -0.730. The summed E-state index contributed by atoms with van der Waals surface area (Å²) in [6.07, 6.45) is 1.22.